The van der Waals surface area contributed by atoms with Gasteiger partial charge in [0, 0.05) is 5.92 Å². The van der Waals surface area contributed by atoms with Gasteiger partial charge < -0.3 is 4.74 Å². The van der Waals surface area contributed by atoms with Crippen molar-refractivity contribution in [2.45, 2.75) is 52.6 Å². The second kappa shape index (κ2) is 6.17. The standard InChI is InChI=1S/C22H28O4/c1-12(2)16-7-4-13(3)10-18(16)26-21(25)22-15-6-5-14(11-15)20(22)17(23)8-9-19(22)24/h5-6,8-9,12-16,18,20H,4,7,10-11H2,1-3H3/t13-,14-,15+,16+,18-,20+,22+/m1/s1. The van der Waals surface area contributed by atoms with Gasteiger partial charge in [-0.1, -0.05) is 39.3 Å². The van der Waals surface area contributed by atoms with Crippen molar-refractivity contribution in [2.75, 3.05) is 0 Å². The second-order valence-electron chi connectivity index (χ2n) is 9.11. The summed E-state index contributed by atoms with van der Waals surface area (Å²) in [5.74, 6) is -0.316. The lowest BCUT2D eigenvalue weighted by Crippen LogP contribution is -2.54. The summed E-state index contributed by atoms with van der Waals surface area (Å²) in [6, 6.07) is 0. The van der Waals surface area contributed by atoms with Crippen LogP contribution >= 0.6 is 0 Å². The van der Waals surface area contributed by atoms with Gasteiger partial charge in [0.1, 0.15) is 11.5 Å². The zero-order chi connectivity index (χ0) is 18.6. The Morgan fingerprint density at radius 3 is 2.65 bits per heavy atom. The van der Waals surface area contributed by atoms with E-state index in [1.165, 1.54) is 12.2 Å². The number of ketones is 2. The fourth-order valence-electron chi connectivity index (χ4n) is 5.92. The number of carbonyl (C=O) groups is 3. The molecule has 140 valence electrons. The highest BCUT2D eigenvalue weighted by atomic mass is 16.5. The Morgan fingerprint density at radius 2 is 1.92 bits per heavy atom. The second-order valence-corrected chi connectivity index (χ2v) is 9.11. The summed E-state index contributed by atoms with van der Waals surface area (Å²) in [5, 5.41) is 0. The summed E-state index contributed by atoms with van der Waals surface area (Å²) in [4.78, 5) is 38.9. The molecule has 2 saturated carbocycles. The van der Waals surface area contributed by atoms with Crippen molar-refractivity contribution in [1.29, 1.82) is 0 Å². The highest BCUT2D eigenvalue weighted by molar-refractivity contribution is 6.19. The molecule has 0 amide bonds. The third kappa shape index (κ3) is 2.37. The summed E-state index contributed by atoms with van der Waals surface area (Å²) in [7, 11) is 0. The first-order valence-corrected chi connectivity index (χ1v) is 10.0. The molecule has 2 bridgehead atoms. The van der Waals surface area contributed by atoms with E-state index in [9.17, 15) is 14.4 Å². The van der Waals surface area contributed by atoms with Crippen molar-refractivity contribution in [2.24, 2.45) is 40.9 Å². The van der Waals surface area contributed by atoms with Crippen molar-refractivity contribution in [3.63, 3.8) is 0 Å². The number of esters is 1. The molecule has 26 heavy (non-hydrogen) atoms. The average Bonchev–Trinajstić information content (AvgIpc) is 3.19. The number of hydrogen-bond donors (Lipinski definition) is 0. The zero-order valence-electron chi connectivity index (χ0n) is 15.8. The number of rotatable bonds is 3. The van der Waals surface area contributed by atoms with E-state index >= 15 is 0 Å². The molecule has 0 unspecified atom stereocenters. The molecule has 4 nitrogen and oxygen atoms in total. The van der Waals surface area contributed by atoms with E-state index in [1.807, 2.05) is 12.2 Å². The molecule has 0 spiro atoms. The van der Waals surface area contributed by atoms with Crippen LogP contribution in [0.3, 0.4) is 0 Å². The molecule has 2 fully saturated rings. The SMILES string of the molecule is CC(C)[C@@H]1CC[C@@H](C)C[C@H]1OC(=O)[C@@]12C(=O)C=CC(=O)[C@@H]1[C@@H]1C=C[C@H]2C1. The maximum absolute atomic E-state index is 13.4. The molecule has 0 aromatic heterocycles. The lowest BCUT2D eigenvalue weighted by molar-refractivity contribution is -0.177. The normalized spacial score (nSPS) is 43.8. The molecular weight excluding hydrogens is 328 g/mol. The average molecular weight is 356 g/mol. The Bertz CT molecular complexity index is 703. The van der Waals surface area contributed by atoms with Crippen LogP contribution in [0.15, 0.2) is 24.3 Å². The quantitative estimate of drug-likeness (QED) is 0.441. The van der Waals surface area contributed by atoms with Gasteiger partial charge in [-0.15, -0.1) is 0 Å². The lowest BCUT2D eigenvalue weighted by atomic mass is 9.62. The van der Waals surface area contributed by atoms with Crippen molar-refractivity contribution in [3.05, 3.63) is 24.3 Å². The number of hydrogen-bond acceptors (Lipinski definition) is 4. The van der Waals surface area contributed by atoms with Crippen LogP contribution in [0, 0.1) is 40.9 Å². The molecule has 4 aliphatic rings. The Hall–Kier alpha value is -1.71. The highest BCUT2D eigenvalue weighted by Crippen LogP contribution is 2.59. The Labute approximate surface area is 155 Å². The van der Waals surface area contributed by atoms with Gasteiger partial charge in [0.25, 0.3) is 0 Å². The Morgan fingerprint density at radius 1 is 1.15 bits per heavy atom. The largest absolute Gasteiger partial charge is 0.461 e. The predicted octanol–water partition coefficient (Wildman–Crippen LogP) is 3.51. The first kappa shape index (κ1) is 17.7. The van der Waals surface area contributed by atoms with Crippen LogP contribution in [0.25, 0.3) is 0 Å². The van der Waals surface area contributed by atoms with E-state index in [1.54, 1.807) is 0 Å². The van der Waals surface area contributed by atoms with E-state index in [2.05, 4.69) is 20.8 Å². The minimum absolute atomic E-state index is 0.0138. The van der Waals surface area contributed by atoms with Crippen LogP contribution in [0.5, 0.6) is 0 Å². The summed E-state index contributed by atoms with van der Waals surface area (Å²) in [6.45, 7) is 6.53. The molecule has 0 heterocycles. The topological polar surface area (TPSA) is 60.4 Å². The van der Waals surface area contributed by atoms with Crippen molar-refractivity contribution in [3.8, 4) is 0 Å². The van der Waals surface area contributed by atoms with Crippen LogP contribution in [0.2, 0.25) is 0 Å². The first-order chi connectivity index (χ1) is 12.4. The number of fused-ring (bicyclic) bond motifs is 5. The third-order valence-corrected chi connectivity index (χ3v) is 7.29. The van der Waals surface area contributed by atoms with Crippen LogP contribution in [0.1, 0.15) is 46.5 Å². The molecule has 7 atom stereocenters. The molecule has 4 aliphatic carbocycles. The molecule has 0 N–H and O–H groups in total. The highest BCUT2D eigenvalue weighted by Gasteiger charge is 2.68. The fourth-order valence-corrected chi connectivity index (χ4v) is 5.92. The fraction of sp³-hybridized carbons (Fsp3) is 0.682. The maximum atomic E-state index is 13.4. The van der Waals surface area contributed by atoms with E-state index in [0.29, 0.717) is 24.2 Å². The Kier molecular flexibility index (Phi) is 4.20. The van der Waals surface area contributed by atoms with E-state index < -0.39 is 17.3 Å². The monoisotopic (exact) mass is 356 g/mol. The number of ether oxygens (including phenoxy) is 1. The first-order valence-electron chi connectivity index (χ1n) is 10.0. The molecule has 0 aromatic carbocycles. The van der Waals surface area contributed by atoms with Gasteiger partial charge in [-0.3, -0.25) is 14.4 Å². The lowest BCUT2D eigenvalue weighted by Gasteiger charge is -2.42. The van der Waals surface area contributed by atoms with Crippen molar-refractivity contribution < 1.29 is 19.1 Å². The Balaban J connectivity index is 1.66. The molecule has 0 saturated heterocycles. The van der Waals surface area contributed by atoms with Gasteiger partial charge in [0.2, 0.25) is 0 Å². The van der Waals surface area contributed by atoms with Gasteiger partial charge in [-0.25, -0.2) is 0 Å². The van der Waals surface area contributed by atoms with E-state index in [4.69, 9.17) is 4.74 Å². The van der Waals surface area contributed by atoms with Crippen LogP contribution < -0.4 is 0 Å². The van der Waals surface area contributed by atoms with Gasteiger partial charge in [0.05, 0.1) is 5.92 Å². The summed E-state index contributed by atoms with van der Waals surface area (Å²) in [6.07, 6.45) is 10.2. The molecule has 0 radical (unpaired) electrons. The predicted molar refractivity (Wildman–Crippen MR) is 97.0 cm³/mol. The van der Waals surface area contributed by atoms with Crippen LogP contribution in [0.4, 0.5) is 0 Å². The van der Waals surface area contributed by atoms with Gasteiger partial charge in [-0.2, -0.15) is 0 Å². The summed E-state index contributed by atoms with van der Waals surface area (Å²) in [5.41, 5.74) is -1.31. The van der Waals surface area contributed by atoms with Gasteiger partial charge in [-0.05, 0) is 55.1 Å². The minimum atomic E-state index is -1.31. The molecule has 4 heteroatoms. The van der Waals surface area contributed by atoms with Crippen LogP contribution in [-0.4, -0.2) is 23.6 Å². The summed E-state index contributed by atoms with van der Waals surface area (Å²) < 4.78 is 6.07. The molecule has 0 aromatic rings. The molecule has 0 aliphatic heterocycles. The summed E-state index contributed by atoms with van der Waals surface area (Å²) >= 11 is 0. The maximum Gasteiger partial charge on any atom is 0.321 e. The number of carbonyl (C=O) groups excluding carboxylic acids is 3. The minimum Gasteiger partial charge on any atom is -0.461 e. The van der Waals surface area contributed by atoms with Gasteiger partial charge >= 0.3 is 5.97 Å². The van der Waals surface area contributed by atoms with Crippen molar-refractivity contribution >= 4 is 17.5 Å². The number of allylic oxidation sites excluding steroid dienone is 4. The molecule has 4 rings (SSSR count). The third-order valence-electron chi connectivity index (χ3n) is 7.29. The van der Waals surface area contributed by atoms with Crippen LogP contribution in [-0.2, 0) is 19.1 Å². The molecular formula is C22H28O4. The van der Waals surface area contributed by atoms with Crippen molar-refractivity contribution in [1.82, 2.24) is 0 Å². The van der Waals surface area contributed by atoms with Gasteiger partial charge in [0.15, 0.2) is 11.6 Å². The van der Waals surface area contributed by atoms with E-state index in [0.717, 1.165) is 19.3 Å². The van der Waals surface area contributed by atoms with E-state index in [-0.39, 0.29) is 29.5 Å². The smallest absolute Gasteiger partial charge is 0.321 e. The zero-order valence-corrected chi connectivity index (χ0v) is 15.8.